The molecule has 0 fully saturated rings. The van der Waals surface area contributed by atoms with Gasteiger partial charge in [0.05, 0.1) is 16.3 Å². The zero-order valence-electron chi connectivity index (χ0n) is 16.9. The van der Waals surface area contributed by atoms with Crippen molar-refractivity contribution in [2.45, 2.75) is 17.9 Å². The monoisotopic (exact) mass is 490 g/mol. The number of rotatable bonds is 6. The van der Waals surface area contributed by atoms with Gasteiger partial charge in [-0.25, -0.2) is 18.6 Å². The smallest absolute Gasteiger partial charge is 0.335 e. The van der Waals surface area contributed by atoms with Gasteiger partial charge in [0.15, 0.2) is 0 Å². The van der Waals surface area contributed by atoms with Crippen LogP contribution in [0.5, 0.6) is 0 Å². The molecule has 2 aromatic heterocycles. The minimum absolute atomic E-state index is 0.0300. The van der Waals surface area contributed by atoms with Crippen LogP contribution in [-0.2, 0) is 4.79 Å². The summed E-state index contributed by atoms with van der Waals surface area (Å²) in [7, 11) is 1.45. The van der Waals surface area contributed by atoms with Crippen molar-refractivity contribution in [3.05, 3.63) is 93.5 Å². The van der Waals surface area contributed by atoms with E-state index in [2.05, 4.69) is 15.6 Å². The molecule has 1 aliphatic rings. The Morgan fingerprint density at radius 2 is 2.03 bits per heavy atom. The summed E-state index contributed by atoms with van der Waals surface area (Å²) in [6, 6.07) is 9.65. The summed E-state index contributed by atoms with van der Waals surface area (Å²) >= 11 is 6.17. The number of carboxylic acids is 1. The maximum absolute atomic E-state index is 14.9. The minimum Gasteiger partial charge on any atom is -0.478 e. The number of benzene rings is 1. The molecule has 0 amide bonds. The molecule has 4 rings (SSSR count). The van der Waals surface area contributed by atoms with E-state index in [4.69, 9.17) is 11.6 Å². The molecule has 0 spiro atoms. The Bertz CT molecular complexity index is 1340. The predicted molar refractivity (Wildman–Crippen MR) is 124 cm³/mol. The molecule has 33 heavy (non-hydrogen) atoms. The van der Waals surface area contributed by atoms with E-state index in [0.717, 1.165) is 4.40 Å². The Hall–Kier alpha value is -3.13. The van der Waals surface area contributed by atoms with Crippen molar-refractivity contribution in [1.82, 2.24) is 20.0 Å². The highest BCUT2D eigenvalue weighted by Crippen LogP contribution is 2.40. The average molecular weight is 491 g/mol. The van der Waals surface area contributed by atoms with Crippen LogP contribution in [0.4, 0.5) is 8.78 Å². The lowest BCUT2D eigenvalue weighted by Crippen LogP contribution is -2.49. The second kappa shape index (κ2) is 9.02. The summed E-state index contributed by atoms with van der Waals surface area (Å²) in [5.41, 5.74) is -3.28. The van der Waals surface area contributed by atoms with E-state index in [-0.39, 0.29) is 21.8 Å². The first-order chi connectivity index (χ1) is 15.6. The van der Waals surface area contributed by atoms with E-state index >= 15 is 0 Å². The van der Waals surface area contributed by atoms with E-state index in [1.807, 2.05) is 0 Å². The van der Waals surface area contributed by atoms with E-state index in [0.29, 0.717) is 11.3 Å². The van der Waals surface area contributed by atoms with Crippen LogP contribution in [0.3, 0.4) is 0 Å². The zero-order valence-corrected chi connectivity index (χ0v) is 18.8. The number of nitrogens with one attached hydrogen (secondary N) is 2. The Kier molecular flexibility index (Phi) is 6.30. The Labute approximate surface area is 194 Å². The fourth-order valence-corrected chi connectivity index (χ4v) is 4.05. The third kappa shape index (κ3) is 4.80. The van der Waals surface area contributed by atoms with Gasteiger partial charge in [-0.15, -0.1) is 0 Å². The number of carboxylic acid groups (broad SMARTS) is 1. The van der Waals surface area contributed by atoms with E-state index < -0.39 is 29.4 Å². The number of allylic oxidation sites excluding steroid dienone is 2. The highest BCUT2D eigenvalue weighted by atomic mass is 35.5. The van der Waals surface area contributed by atoms with Crippen molar-refractivity contribution in [3.8, 4) is 11.3 Å². The SMILES string of the molecule is O=C(O)C1=CC=CNC1NC(c1cc(Cl)cn2c(=O)cc(-c3ccccc3)nc12)C(F)(F)P. The Morgan fingerprint density at radius 3 is 2.70 bits per heavy atom. The molecule has 3 unspecified atom stereocenters. The molecule has 0 aliphatic carbocycles. The number of aliphatic carboxylic acids is 1. The van der Waals surface area contributed by atoms with Crippen LogP contribution in [0.2, 0.25) is 5.02 Å². The minimum atomic E-state index is -3.46. The fraction of sp³-hybridized carbons (Fsp3) is 0.136. The third-order valence-electron chi connectivity index (χ3n) is 5.05. The topological polar surface area (TPSA) is 95.7 Å². The van der Waals surface area contributed by atoms with E-state index in [1.165, 1.54) is 45.9 Å². The molecule has 0 bridgehead atoms. The summed E-state index contributed by atoms with van der Waals surface area (Å²) in [6.07, 6.45) is 4.37. The van der Waals surface area contributed by atoms with Crippen LogP contribution in [-0.4, -0.2) is 32.3 Å². The van der Waals surface area contributed by atoms with Crippen molar-refractivity contribution < 1.29 is 18.7 Å². The quantitative estimate of drug-likeness (QED) is 0.457. The van der Waals surface area contributed by atoms with Crippen molar-refractivity contribution in [2.75, 3.05) is 0 Å². The van der Waals surface area contributed by atoms with Crippen LogP contribution < -0.4 is 16.2 Å². The molecule has 1 aromatic carbocycles. The number of hydrogen-bond donors (Lipinski definition) is 3. The molecule has 3 atom stereocenters. The van der Waals surface area contributed by atoms with Gasteiger partial charge in [0.25, 0.3) is 11.2 Å². The van der Waals surface area contributed by atoms with Crippen molar-refractivity contribution in [3.63, 3.8) is 0 Å². The number of carbonyl (C=O) groups is 1. The van der Waals surface area contributed by atoms with Crippen LogP contribution in [0, 0.1) is 0 Å². The molecule has 7 nitrogen and oxygen atoms in total. The maximum Gasteiger partial charge on any atom is 0.335 e. The number of pyridine rings is 1. The lowest BCUT2D eigenvalue weighted by Gasteiger charge is -2.31. The Balaban J connectivity index is 1.90. The lowest BCUT2D eigenvalue weighted by molar-refractivity contribution is -0.133. The first-order valence-corrected chi connectivity index (χ1v) is 10.7. The summed E-state index contributed by atoms with van der Waals surface area (Å²) in [5.74, 6) is -1.27. The van der Waals surface area contributed by atoms with Crippen LogP contribution in [0.25, 0.3) is 16.9 Å². The third-order valence-corrected chi connectivity index (χ3v) is 5.59. The molecule has 170 valence electrons. The lowest BCUT2D eigenvalue weighted by atomic mass is 10.0. The van der Waals surface area contributed by atoms with Crippen LogP contribution >= 0.6 is 20.8 Å². The molecular formula is C22H18ClF2N4O3P. The molecule has 3 aromatic rings. The number of hydrogen-bond acceptors (Lipinski definition) is 5. The first kappa shape index (κ1) is 23.0. The zero-order chi connectivity index (χ0) is 23.8. The summed E-state index contributed by atoms with van der Waals surface area (Å²) in [5, 5.41) is 14.9. The van der Waals surface area contributed by atoms with Crippen molar-refractivity contribution >= 4 is 32.5 Å². The molecule has 1 aliphatic heterocycles. The largest absolute Gasteiger partial charge is 0.478 e. The van der Waals surface area contributed by atoms with Gasteiger partial charge in [-0.2, -0.15) is 0 Å². The molecule has 11 heteroatoms. The molecule has 3 N–H and O–H groups in total. The summed E-state index contributed by atoms with van der Waals surface area (Å²) in [6.45, 7) is 0. The predicted octanol–water partition coefficient (Wildman–Crippen LogP) is 3.57. The van der Waals surface area contributed by atoms with Crippen molar-refractivity contribution in [1.29, 1.82) is 0 Å². The first-order valence-electron chi connectivity index (χ1n) is 9.72. The highest BCUT2D eigenvalue weighted by molar-refractivity contribution is 7.18. The Morgan fingerprint density at radius 1 is 1.30 bits per heavy atom. The van der Waals surface area contributed by atoms with Gasteiger partial charge in [0.1, 0.15) is 17.9 Å². The molecular weight excluding hydrogens is 473 g/mol. The summed E-state index contributed by atoms with van der Waals surface area (Å²) in [4.78, 5) is 28.9. The van der Waals surface area contributed by atoms with Crippen LogP contribution in [0.15, 0.2) is 77.4 Å². The van der Waals surface area contributed by atoms with E-state index in [9.17, 15) is 23.5 Å². The standard InChI is InChI=1S/C22H18ClF2N4O3P/c23-13-9-15(18(22(24,25)33)28-19-14(21(31)32)7-4-8-26-19)20-27-16(10-17(30)29(20)11-13)12-5-2-1-3-6-12/h1-11,18-19,26,28H,33H2,(H,31,32). The van der Waals surface area contributed by atoms with Gasteiger partial charge in [-0.3, -0.25) is 14.5 Å². The van der Waals surface area contributed by atoms with Gasteiger partial charge in [-0.05, 0) is 24.4 Å². The number of nitrogens with zero attached hydrogens (tertiary/aromatic N) is 2. The van der Waals surface area contributed by atoms with E-state index in [1.54, 1.807) is 30.3 Å². The normalized spacial score (nSPS) is 16.8. The number of dihydropyridines is 1. The van der Waals surface area contributed by atoms with Gasteiger partial charge < -0.3 is 10.4 Å². The molecule has 0 saturated heterocycles. The summed E-state index contributed by atoms with van der Waals surface area (Å²) < 4.78 is 30.8. The number of fused-ring (bicyclic) bond motifs is 1. The van der Waals surface area contributed by atoms with Gasteiger partial charge in [0, 0.05) is 23.4 Å². The van der Waals surface area contributed by atoms with Crippen molar-refractivity contribution in [2.24, 2.45) is 0 Å². The number of aromatic nitrogens is 2. The average Bonchev–Trinajstić information content (AvgIpc) is 2.77. The van der Waals surface area contributed by atoms with Gasteiger partial charge >= 0.3 is 5.97 Å². The molecule has 0 saturated carbocycles. The maximum atomic E-state index is 14.9. The number of halogens is 3. The number of alkyl halides is 2. The fourth-order valence-electron chi connectivity index (χ4n) is 3.56. The second-order valence-corrected chi connectivity index (χ2v) is 8.52. The van der Waals surface area contributed by atoms with Gasteiger partial charge in [-0.1, -0.05) is 51.2 Å². The van der Waals surface area contributed by atoms with Gasteiger partial charge in [0.2, 0.25) is 0 Å². The van der Waals surface area contributed by atoms with Crippen LogP contribution in [0.1, 0.15) is 11.6 Å². The molecule has 3 heterocycles. The highest BCUT2D eigenvalue weighted by Gasteiger charge is 2.40. The molecule has 0 radical (unpaired) electrons. The second-order valence-electron chi connectivity index (χ2n) is 7.31.